The van der Waals surface area contributed by atoms with Crippen molar-refractivity contribution in [2.24, 2.45) is 0 Å². The number of aliphatic hydroxyl groups is 1. The van der Waals surface area contributed by atoms with Crippen LogP contribution in [0.2, 0.25) is 0 Å². The molecule has 0 saturated heterocycles. The molecule has 0 spiro atoms. The van der Waals surface area contributed by atoms with Gasteiger partial charge in [-0.2, -0.15) is 0 Å². The number of allylic oxidation sites excluding steroid dienone is 11. The molecule has 0 aromatic rings. The number of nitrogens with zero attached hydrogens (tertiary/aromatic N) is 6. The zero-order valence-electron chi connectivity index (χ0n) is 17.7. The average molecular weight is 481 g/mol. The second-order valence-electron chi connectivity index (χ2n) is 6.83. The molecule has 0 amide bonds. The van der Waals surface area contributed by atoms with Gasteiger partial charge in [0.1, 0.15) is 5.76 Å². The van der Waals surface area contributed by atoms with Gasteiger partial charge in [-0.25, -0.2) is 20.2 Å². The molecule has 0 aromatic carbocycles. The van der Waals surface area contributed by atoms with Gasteiger partial charge in [0.05, 0.1) is 35.1 Å². The van der Waals surface area contributed by atoms with Gasteiger partial charge in [0, 0.05) is 36.4 Å². The van der Waals surface area contributed by atoms with Crippen molar-refractivity contribution in [2.75, 3.05) is 0 Å². The van der Waals surface area contributed by atoms with Crippen molar-refractivity contribution in [1.29, 1.82) is 10.5 Å². The fraction of sp³-hybridized carbons (Fsp3) is 0.273. The first-order chi connectivity index (χ1) is 16.2. The molecule has 0 atom stereocenters. The molecule has 172 valence electrons. The number of nitro groups is 2. The van der Waals surface area contributed by atoms with Gasteiger partial charge in [0.15, 0.2) is 0 Å². The molecule has 0 radical (unpaired) electrons. The first-order valence-corrected chi connectivity index (χ1v) is 9.96. The van der Waals surface area contributed by atoms with Gasteiger partial charge in [-0.3, -0.25) is 20.2 Å². The number of hydrogen-bond donors (Lipinski definition) is 1. The van der Waals surface area contributed by atoms with Gasteiger partial charge < -0.3 is 5.11 Å². The Kier molecular flexibility index (Phi) is 11.0. The molecule has 0 saturated carbocycles. The normalized spacial score (nSPS) is 15.9. The monoisotopic (exact) mass is 480 g/mol. The zero-order chi connectivity index (χ0) is 25.7. The molecule has 2 aliphatic rings. The Morgan fingerprint density at radius 3 is 1.68 bits per heavy atom. The molecule has 0 bridgehead atoms. The number of rotatable bonds is 6. The molecule has 0 fully saturated rings. The second kappa shape index (κ2) is 13.6. The second-order valence-corrected chi connectivity index (χ2v) is 7.29. The number of halogens is 1. The zero-order valence-corrected chi connectivity index (χ0v) is 18.4. The Labute approximate surface area is 200 Å². The summed E-state index contributed by atoms with van der Waals surface area (Å²) in [4.78, 5) is 26.0. The number of nitriles is 2. The summed E-state index contributed by atoms with van der Waals surface area (Å²) in [6.07, 6.45) is 8.02. The van der Waals surface area contributed by atoms with E-state index in [0.717, 1.165) is 11.1 Å². The van der Waals surface area contributed by atoms with Gasteiger partial charge >= 0.3 is 0 Å². The van der Waals surface area contributed by atoms with E-state index in [2.05, 4.69) is 9.69 Å². The lowest BCUT2D eigenvalue weighted by Crippen LogP contribution is -2.03. The average Bonchev–Trinajstić information content (AvgIpc) is 2.82. The van der Waals surface area contributed by atoms with Crippen molar-refractivity contribution in [2.45, 2.75) is 38.5 Å². The molecule has 2 aliphatic carbocycles. The van der Waals surface area contributed by atoms with Crippen molar-refractivity contribution in [1.82, 2.24) is 0 Å². The summed E-state index contributed by atoms with van der Waals surface area (Å²) < 4.78 is 0. The Bertz CT molecular complexity index is 1100. The van der Waals surface area contributed by atoms with Crippen molar-refractivity contribution in [3.05, 3.63) is 112 Å². The van der Waals surface area contributed by atoms with Crippen molar-refractivity contribution < 1.29 is 15.0 Å². The van der Waals surface area contributed by atoms with E-state index >= 15 is 0 Å². The highest BCUT2D eigenvalue weighted by atomic mass is 35.5. The number of aliphatic hydroxyl groups excluding tert-OH is 1. The molecular formula is C22H17ClN6O5. The fourth-order valence-electron chi connectivity index (χ4n) is 2.82. The highest BCUT2D eigenvalue weighted by Crippen LogP contribution is 2.27. The van der Waals surface area contributed by atoms with Crippen LogP contribution in [0.1, 0.15) is 38.5 Å². The van der Waals surface area contributed by atoms with Crippen molar-refractivity contribution in [3.63, 3.8) is 0 Å². The molecule has 0 aromatic heterocycles. The minimum atomic E-state index is -0.442. The van der Waals surface area contributed by atoms with E-state index in [1.54, 1.807) is 24.3 Å². The topological polar surface area (TPSA) is 163 Å². The first kappa shape index (κ1) is 27.3. The van der Waals surface area contributed by atoms with E-state index in [0.29, 0.717) is 32.1 Å². The highest BCUT2D eigenvalue weighted by Gasteiger charge is 2.17. The summed E-state index contributed by atoms with van der Waals surface area (Å²) in [6.45, 7) is 13.4. The largest absolute Gasteiger partial charge is 0.522 e. The van der Waals surface area contributed by atoms with Crippen LogP contribution in [0.15, 0.2) is 69.0 Å². The third-order valence-electron chi connectivity index (χ3n) is 4.64. The van der Waals surface area contributed by atoms with Crippen molar-refractivity contribution in [3.8, 4) is 12.1 Å². The number of hydrogen-bond acceptors (Lipinski definition) is 7. The third kappa shape index (κ3) is 8.43. The first-order valence-electron chi connectivity index (χ1n) is 9.58. The van der Waals surface area contributed by atoms with E-state index in [1.165, 1.54) is 12.2 Å². The van der Waals surface area contributed by atoms with Gasteiger partial charge in [-0.15, -0.1) is 11.6 Å². The molecule has 0 unspecified atom stereocenters. The lowest BCUT2D eigenvalue weighted by molar-refractivity contribution is -0.428. The summed E-state index contributed by atoms with van der Waals surface area (Å²) in [7, 11) is 0. The summed E-state index contributed by atoms with van der Waals surface area (Å²) in [5, 5.41) is 47.7. The van der Waals surface area contributed by atoms with Crippen LogP contribution in [-0.2, 0) is 0 Å². The van der Waals surface area contributed by atoms with Crippen LogP contribution in [0.5, 0.6) is 0 Å². The minimum Gasteiger partial charge on any atom is -0.522 e. The van der Waals surface area contributed by atoms with Crippen LogP contribution in [0.25, 0.3) is 9.69 Å². The fourth-order valence-corrected chi connectivity index (χ4v) is 3.08. The molecule has 1 N–H and O–H groups in total. The minimum absolute atomic E-state index is 0.0900. The van der Waals surface area contributed by atoms with Crippen LogP contribution in [-0.4, -0.2) is 15.0 Å². The molecule has 0 heterocycles. The highest BCUT2D eigenvalue weighted by molar-refractivity contribution is 6.30. The van der Waals surface area contributed by atoms with E-state index in [1.807, 2.05) is 0 Å². The van der Waals surface area contributed by atoms with Gasteiger partial charge in [0.2, 0.25) is 11.4 Å². The van der Waals surface area contributed by atoms with Crippen LogP contribution < -0.4 is 0 Å². The third-order valence-corrected chi connectivity index (χ3v) is 4.95. The maximum Gasteiger partial charge on any atom is 0.298 e. The van der Waals surface area contributed by atoms with Gasteiger partial charge in [-0.05, 0) is 19.3 Å². The molecular weight excluding hydrogens is 464 g/mol. The van der Waals surface area contributed by atoms with E-state index < -0.39 is 9.85 Å². The Morgan fingerprint density at radius 1 is 0.912 bits per heavy atom. The predicted octanol–water partition coefficient (Wildman–Crippen LogP) is 5.62. The maximum atomic E-state index is 10.5. The molecule has 2 rings (SSSR count). The molecule has 0 aliphatic heterocycles. The van der Waals surface area contributed by atoms with Crippen LogP contribution >= 0.6 is 11.6 Å². The maximum absolute atomic E-state index is 10.5. The van der Waals surface area contributed by atoms with Crippen LogP contribution in [0.4, 0.5) is 0 Å². The Hall–Kier alpha value is -4.71. The Morgan fingerprint density at radius 2 is 1.35 bits per heavy atom. The SMILES string of the molecule is [C-]#[N+]/C(C#N)=C(\Cl)CC1=CC=C([N+](=O)[O-])CC1.[C-]#[N+]/C(C#N)=C(\O)CC1=CC=C([N+](=O)[O-])CC1. The Balaban J connectivity index is 0.000000340. The van der Waals surface area contributed by atoms with Crippen LogP contribution in [0, 0.1) is 56.0 Å². The van der Waals surface area contributed by atoms with Gasteiger partial charge in [0.25, 0.3) is 11.4 Å². The summed E-state index contributed by atoms with van der Waals surface area (Å²) >= 11 is 5.83. The van der Waals surface area contributed by atoms with Gasteiger partial charge in [-0.1, -0.05) is 23.3 Å². The molecule has 11 nitrogen and oxygen atoms in total. The predicted molar refractivity (Wildman–Crippen MR) is 121 cm³/mol. The van der Waals surface area contributed by atoms with E-state index in [9.17, 15) is 25.3 Å². The molecule has 12 heteroatoms. The smallest absolute Gasteiger partial charge is 0.298 e. The summed E-state index contributed by atoms with van der Waals surface area (Å²) in [6, 6.07) is 3.30. The summed E-state index contributed by atoms with van der Waals surface area (Å²) in [5.74, 6) is -0.285. The van der Waals surface area contributed by atoms with E-state index in [4.69, 9.17) is 35.3 Å². The van der Waals surface area contributed by atoms with Crippen molar-refractivity contribution >= 4 is 11.6 Å². The quantitative estimate of drug-likeness (QED) is 0.169. The standard InChI is InChI=1S/C11H8ClN3O2.C11H9N3O3/c1-14-11(7-13)10(12)6-8-2-4-9(5-3-8)15(16)17;1-13-10(7-12)11(15)6-8-2-4-9(5-3-8)14(16)17/h2,4H,3,5-6H2;2,4,15H,3,5-6H2/b2*11-10-. The summed E-state index contributed by atoms with van der Waals surface area (Å²) in [5.41, 5.74) is 1.48. The lowest BCUT2D eigenvalue weighted by Gasteiger charge is -2.09. The van der Waals surface area contributed by atoms with Crippen LogP contribution in [0.3, 0.4) is 0 Å². The van der Waals surface area contributed by atoms with E-state index in [-0.39, 0.29) is 40.0 Å². The lowest BCUT2D eigenvalue weighted by atomic mass is 9.99. The molecule has 34 heavy (non-hydrogen) atoms.